The predicted molar refractivity (Wildman–Crippen MR) is 299 cm³/mol. The Bertz CT molecular complexity index is 4180. The van der Waals surface area contributed by atoms with Crippen LogP contribution in [0.25, 0.3) is 97.8 Å². The summed E-state index contributed by atoms with van der Waals surface area (Å²) >= 11 is 1.87. The summed E-state index contributed by atoms with van der Waals surface area (Å²) in [5.74, 6) is 0.654. The first-order valence-electron chi connectivity index (χ1n) is 24.1. The lowest BCUT2D eigenvalue weighted by molar-refractivity contribution is 0.992. The molecule has 0 spiro atoms. The molecule has 0 fully saturated rings. The van der Waals surface area contributed by atoms with E-state index in [2.05, 4.69) is 252 Å². The van der Waals surface area contributed by atoms with Crippen LogP contribution in [0.15, 0.2) is 249 Å². The Hall–Kier alpha value is -8.42. The Balaban J connectivity index is 0.953. The molecular formula is C64H44N4SSi. The molecule has 0 amide bonds. The van der Waals surface area contributed by atoms with Crippen LogP contribution in [0.2, 0.25) is 5.54 Å². The van der Waals surface area contributed by atoms with Gasteiger partial charge in [0.1, 0.15) is 0 Å². The third-order valence-corrected chi connectivity index (χ3v) is 21.2. The molecule has 4 nitrogen and oxygen atoms in total. The predicted octanol–water partition coefficient (Wildman–Crippen LogP) is 14.7. The number of fused-ring (bicyclic) bond motifs is 10. The highest BCUT2D eigenvalue weighted by molar-refractivity contribution is 7.26. The molecule has 1 atom stereocenters. The van der Waals surface area contributed by atoms with E-state index < -0.39 is 8.07 Å². The van der Waals surface area contributed by atoms with Crippen molar-refractivity contribution in [3.05, 3.63) is 249 Å². The lowest BCUT2D eigenvalue weighted by Crippen LogP contribution is -2.69. The summed E-state index contributed by atoms with van der Waals surface area (Å²) in [5.41, 5.74) is 10.4. The van der Waals surface area contributed by atoms with E-state index in [0.29, 0.717) is 11.5 Å². The monoisotopic (exact) mass is 928 g/mol. The molecule has 1 aliphatic carbocycles. The van der Waals surface area contributed by atoms with Crippen molar-refractivity contribution in [1.82, 2.24) is 19.1 Å². The molecule has 0 aliphatic heterocycles. The van der Waals surface area contributed by atoms with Crippen molar-refractivity contribution in [1.29, 1.82) is 0 Å². The van der Waals surface area contributed by atoms with Crippen molar-refractivity contribution in [3.63, 3.8) is 0 Å². The molecule has 4 aromatic heterocycles. The van der Waals surface area contributed by atoms with Crippen LogP contribution in [0.1, 0.15) is 6.42 Å². The first-order chi connectivity index (χ1) is 34.7. The minimum atomic E-state index is -2.63. The Labute approximate surface area is 410 Å². The van der Waals surface area contributed by atoms with Crippen molar-refractivity contribution in [2.24, 2.45) is 0 Å². The van der Waals surface area contributed by atoms with Crippen molar-refractivity contribution in [2.75, 3.05) is 0 Å². The van der Waals surface area contributed by atoms with E-state index in [1.54, 1.807) is 0 Å². The quantitative estimate of drug-likeness (QED) is 0.112. The summed E-state index contributed by atoms with van der Waals surface area (Å²) in [7, 11) is -2.63. The van der Waals surface area contributed by atoms with Crippen LogP contribution in [0.4, 0.5) is 0 Å². The first kappa shape index (κ1) is 40.6. The van der Waals surface area contributed by atoms with Crippen LogP contribution >= 0.6 is 11.3 Å². The molecule has 13 aromatic rings. The first-order valence-corrected chi connectivity index (χ1v) is 27.0. The van der Waals surface area contributed by atoms with E-state index in [0.717, 1.165) is 34.4 Å². The second-order valence-corrected chi connectivity index (χ2v) is 23.6. The molecule has 4 heterocycles. The van der Waals surface area contributed by atoms with Gasteiger partial charge in [-0.1, -0.05) is 182 Å². The summed E-state index contributed by atoms with van der Waals surface area (Å²) in [5, 5.41) is 11.6. The van der Waals surface area contributed by atoms with Gasteiger partial charge in [0.2, 0.25) is 5.95 Å². The van der Waals surface area contributed by atoms with Gasteiger partial charge in [-0.15, -0.1) is 11.3 Å². The highest BCUT2D eigenvalue weighted by Gasteiger charge is 2.45. The van der Waals surface area contributed by atoms with Gasteiger partial charge in [0.15, 0.2) is 8.07 Å². The number of hydrogen-bond acceptors (Lipinski definition) is 3. The number of allylic oxidation sites excluding steroid dienone is 4. The molecule has 70 heavy (non-hydrogen) atoms. The summed E-state index contributed by atoms with van der Waals surface area (Å²) < 4.78 is 7.23. The van der Waals surface area contributed by atoms with Crippen molar-refractivity contribution in [3.8, 4) is 34.0 Å². The third-order valence-electron chi connectivity index (χ3n) is 14.7. The number of nitrogens with zero attached hydrogens (tertiary/aromatic N) is 4. The molecule has 6 heteroatoms. The van der Waals surface area contributed by atoms with E-state index in [-0.39, 0.29) is 0 Å². The van der Waals surface area contributed by atoms with Gasteiger partial charge in [0, 0.05) is 59.2 Å². The fourth-order valence-corrected chi connectivity index (χ4v) is 18.3. The Kier molecular flexibility index (Phi) is 9.51. The van der Waals surface area contributed by atoms with Gasteiger partial charge in [-0.2, -0.15) is 0 Å². The third kappa shape index (κ3) is 6.27. The number of para-hydroxylation sites is 2. The van der Waals surface area contributed by atoms with Gasteiger partial charge in [-0.25, -0.2) is 9.97 Å². The minimum Gasteiger partial charge on any atom is -0.309 e. The van der Waals surface area contributed by atoms with Gasteiger partial charge < -0.3 is 4.57 Å². The zero-order valence-electron chi connectivity index (χ0n) is 38.2. The molecule has 1 unspecified atom stereocenters. The van der Waals surface area contributed by atoms with Crippen LogP contribution in [-0.4, -0.2) is 27.2 Å². The highest BCUT2D eigenvalue weighted by Crippen LogP contribution is 2.45. The van der Waals surface area contributed by atoms with Crippen LogP contribution in [0, 0.1) is 0 Å². The number of aromatic nitrogens is 4. The largest absolute Gasteiger partial charge is 0.309 e. The lowest BCUT2D eigenvalue weighted by atomic mass is 10.00. The van der Waals surface area contributed by atoms with Crippen LogP contribution < -0.4 is 15.6 Å². The van der Waals surface area contributed by atoms with E-state index in [1.165, 1.54) is 79.4 Å². The summed E-state index contributed by atoms with van der Waals surface area (Å²) in [4.78, 5) is 10.6. The molecule has 0 bridgehead atoms. The molecule has 0 N–H and O–H groups in total. The van der Waals surface area contributed by atoms with Gasteiger partial charge >= 0.3 is 0 Å². The zero-order chi connectivity index (χ0) is 46.2. The smallest absolute Gasteiger partial charge is 0.235 e. The number of hydrogen-bond donors (Lipinski definition) is 0. The molecular weight excluding hydrogens is 885 g/mol. The Morgan fingerprint density at radius 3 is 1.86 bits per heavy atom. The maximum absolute atomic E-state index is 5.50. The second-order valence-electron chi connectivity index (χ2n) is 18.4. The van der Waals surface area contributed by atoms with E-state index >= 15 is 0 Å². The zero-order valence-corrected chi connectivity index (χ0v) is 40.0. The molecule has 14 rings (SSSR count). The minimum absolute atomic E-state index is 0.336. The average molecular weight is 929 g/mol. The topological polar surface area (TPSA) is 35.6 Å². The Morgan fingerprint density at radius 1 is 0.457 bits per heavy atom. The fourth-order valence-electron chi connectivity index (χ4n) is 11.7. The van der Waals surface area contributed by atoms with Crippen molar-refractivity contribution < 1.29 is 0 Å². The van der Waals surface area contributed by atoms with Crippen molar-refractivity contribution >= 4 is 98.8 Å². The normalized spacial score (nSPS) is 14.0. The standard InChI is InChI=1S/C64H44N4SSi/c1-5-19-46(20-6-1)67-57-30-15-13-28-51(57)54-41-43(32-35-58(54)67)44-33-36-59-55(42-44)62-60(37-34-53-52-29-14-16-31-61(52)69-63(53)62)68(59)64-65-39-38-56(66-64)45-18-17-27-50(40-45)70(47-21-7-2-8-22-47,48-23-9-3-10-24-48)49-25-11-4-12-26-49/h1-25,27-42,49H,26H2. The molecule has 330 valence electrons. The fraction of sp³-hybridized carbons (Fsp3) is 0.0312. The molecule has 1 aliphatic rings. The SMILES string of the molecule is C1=CCC([Si](c2ccccc2)(c2ccccc2)c2cccc(-c3ccnc(-n4c5ccc(-c6ccc7c(c6)c6ccccc6n7-c6ccccc6)cc5c5c6sc7ccccc7c6ccc54)n3)c2)C=C1. The average Bonchev–Trinajstić information content (AvgIpc) is 4.10. The molecule has 0 radical (unpaired) electrons. The van der Waals surface area contributed by atoms with Gasteiger partial charge in [-0.3, -0.25) is 4.57 Å². The van der Waals surface area contributed by atoms with Crippen LogP contribution in [-0.2, 0) is 0 Å². The lowest BCUT2D eigenvalue weighted by Gasteiger charge is -2.40. The van der Waals surface area contributed by atoms with Crippen LogP contribution in [0.3, 0.4) is 0 Å². The second kappa shape index (κ2) is 16.4. The molecule has 0 saturated carbocycles. The van der Waals surface area contributed by atoms with Crippen molar-refractivity contribution in [2.45, 2.75) is 12.0 Å². The summed E-state index contributed by atoms with van der Waals surface area (Å²) in [6.45, 7) is 0. The Morgan fingerprint density at radius 2 is 1.10 bits per heavy atom. The number of benzene rings is 9. The van der Waals surface area contributed by atoms with E-state index in [4.69, 9.17) is 9.97 Å². The van der Waals surface area contributed by atoms with Gasteiger partial charge in [0.05, 0.1) is 27.8 Å². The molecule has 9 aromatic carbocycles. The van der Waals surface area contributed by atoms with E-state index in [9.17, 15) is 0 Å². The number of rotatable bonds is 8. The number of thiophene rings is 1. The van der Waals surface area contributed by atoms with E-state index in [1.807, 2.05) is 17.5 Å². The highest BCUT2D eigenvalue weighted by atomic mass is 32.1. The summed E-state index contributed by atoms with van der Waals surface area (Å²) in [6.07, 6.45) is 12.1. The maximum Gasteiger partial charge on any atom is 0.235 e. The van der Waals surface area contributed by atoms with Crippen LogP contribution in [0.5, 0.6) is 0 Å². The van der Waals surface area contributed by atoms with Gasteiger partial charge in [0.25, 0.3) is 0 Å². The van der Waals surface area contributed by atoms with Gasteiger partial charge in [-0.05, 0) is 99.3 Å². The molecule has 0 saturated heterocycles. The maximum atomic E-state index is 5.50. The summed E-state index contributed by atoms with van der Waals surface area (Å²) in [6, 6.07) is 80.5.